The number of nitrogens with zero attached hydrogens (tertiary/aromatic N) is 2. The van der Waals surface area contributed by atoms with Gasteiger partial charge in [0.1, 0.15) is 5.82 Å². The number of amides is 2. The number of rotatable bonds is 5. The van der Waals surface area contributed by atoms with Crippen LogP contribution >= 0.6 is 0 Å². The summed E-state index contributed by atoms with van der Waals surface area (Å²) in [5.74, 6) is 0.583. The van der Waals surface area contributed by atoms with Gasteiger partial charge in [0.05, 0.1) is 11.1 Å². The molecule has 0 aliphatic carbocycles. The lowest BCUT2D eigenvalue weighted by Gasteiger charge is -2.13. The predicted molar refractivity (Wildman–Crippen MR) is 73.3 cm³/mol. The number of benzene rings is 1. The molecule has 0 saturated carbocycles. The number of unbranched alkanes of at least 4 members (excludes halogenated alkanes) is 1. The lowest BCUT2D eigenvalue weighted by atomic mass is 10.1. The van der Waals surface area contributed by atoms with Crippen LogP contribution < -0.4 is 0 Å². The van der Waals surface area contributed by atoms with E-state index in [1.54, 1.807) is 36.7 Å². The highest BCUT2D eigenvalue weighted by atomic mass is 16.2. The third kappa shape index (κ3) is 2.22. The molecule has 3 rings (SSSR count). The second-order valence-electron chi connectivity index (χ2n) is 4.80. The van der Waals surface area contributed by atoms with E-state index in [2.05, 4.69) is 9.97 Å². The third-order valence-electron chi connectivity index (χ3n) is 3.48. The van der Waals surface area contributed by atoms with E-state index < -0.39 is 0 Å². The molecule has 1 aromatic heterocycles. The minimum Gasteiger partial charge on any atom is -0.349 e. The number of aromatic nitrogens is 2. The number of fused-ring (bicyclic) bond motifs is 1. The van der Waals surface area contributed by atoms with Crippen molar-refractivity contribution in [3.63, 3.8) is 0 Å². The summed E-state index contributed by atoms with van der Waals surface area (Å²) in [5.41, 5.74) is 1.03. The van der Waals surface area contributed by atoms with Crippen LogP contribution in [0.4, 0.5) is 0 Å². The topological polar surface area (TPSA) is 66.1 Å². The maximum absolute atomic E-state index is 12.1. The van der Waals surface area contributed by atoms with Gasteiger partial charge in [-0.15, -0.1) is 0 Å². The Morgan fingerprint density at radius 1 is 1.05 bits per heavy atom. The van der Waals surface area contributed by atoms with Crippen molar-refractivity contribution in [2.24, 2.45) is 0 Å². The standard InChI is InChI=1S/C15H15N3O2/c19-14-11-5-1-2-6-12(11)15(20)18(14)10-4-3-7-13-16-8-9-17-13/h1-2,5-6,8-9H,3-4,7,10H2,(H,16,17). The number of hydrogen-bond donors (Lipinski definition) is 1. The first-order valence-electron chi connectivity index (χ1n) is 6.71. The van der Waals surface area contributed by atoms with Gasteiger partial charge in [0.25, 0.3) is 11.8 Å². The van der Waals surface area contributed by atoms with E-state index >= 15 is 0 Å². The summed E-state index contributed by atoms with van der Waals surface area (Å²) in [6.45, 7) is 0.465. The molecule has 5 nitrogen and oxygen atoms in total. The fourth-order valence-corrected chi connectivity index (χ4v) is 2.44. The van der Waals surface area contributed by atoms with E-state index in [0.717, 1.165) is 25.1 Å². The van der Waals surface area contributed by atoms with Crippen molar-refractivity contribution >= 4 is 11.8 Å². The number of imide groups is 1. The molecule has 0 unspecified atom stereocenters. The van der Waals surface area contributed by atoms with Crippen molar-refractivity contribution in [2.75, 3.05) is 6.54 Å². The summed E-state index contributed by atoms with van der Waals surface area (Å²) in [4.78, 5) is 32.8. The first kappa shape index (κ1) is 12.6. The van der Waals surface area contributed by atoms with Gasteiger partial charge in [-0.2, -0.15) is 0 Å². The van der Waals surface area contributed by atoms with Gasteiger partial charge in [-0.05, 0) is 25.0 Å². The van der Waals surface area contributed by atoms with Gasteiger partial charge >= 0.3 is 0 Å². The molecule has 0 spiro atoms. The molecule has 2 heterocycles. The van der Waals surface area contributed by atoms with Crippen molar-refractivity contribution in [3.05, 3.63) is 53.6 Å². The van der Waals surface area contributed by atoms with E-state index in [0.29, 0.717) is 17.7 Å². The predicted octanol–water partition coefficient (Wildman–Crippen LogP) is 2.03. The molecule has 2 aromatic rings. The molecule has 20 heavy (non-hydrogen) atoms. The van der Waals surface area contributed by atoms with Crippen LogP contribution in [-0.2, 0) is 6.42 Å². The average Bonchev–Trinajstić information content (AvgIpc) is 3.06. The third-order valence-corrected chi connectivity index (χ3v) is 3.48. The van der Waals surface area contributed by atoms with E-state index in [-0.39, 0.29) is 11.8 Å². The summed E-state index contributed by atoms with van der Waals surface area (Å²) in [5, 5.41) is 0. The molecule has 0 atom stereocenters. The van der Waals surface area contributed by atoms with Gasteiger partial charge in [0, 0.05) is 25.4 Å². The first-order valence-corrected chi connectivity index (χ1v) is 6.71. The molecule has 2 amide bonds. The molecule has 1 aliphatic rings. The van der Waals surface area contributed by atoms with Crippen LogP contribution in [0.1, 0.15) is 39.4 Å². The quantitative estimate of drug-likeness (QED) is 0.667. The van der Waals surface area contributed by atoms with E-state index in [1.165, 1.54) is 4.90 Å². The molecular formula is C15H15N3O2. The number of nitrogens with one attached hydrogen (secondary N) is 1. The van der Waals surface area contributed by atoms with Crippen molar-refractivity contribution in [3.8, 4) is 0 Å². The average molecular weight is 269 g/mol. The smallest absolute Gasteiger partial charge is 0.261 e. The fraction of sp³-hybridized carbons (Fsp3) is 0.267. The number of carbonyl (C=O) groups is 2. The summed E-state index contributed by atoms with van der Waals surface area (Å²) in [7, 11) is 0. The Morgan fingerprint density at radius 2 is 1.75 bits per heavy atom. The summed E-state index contributed by atoms with van der Waals surface area (Å²) in [6, 6.07) is 6.98. The van der Waals surface area contributed by atoms with Gasteiger partial charge in [0.15, 0.2) is 0 Å². The zero-order valence-electron chi connectivity index (χ0n) is 11.0. The van der Waals surface area contributed by atoms with Crippen LogP contribution in [0.3, 0.4) is 0 Å². The molecular weight excluding hydrogens is 254 g/mol. The molecule has 0 saturated heterocycles. The fourth-order valence-electron chi connectivity index (χ4n) is 2.44. The zero-order chi connectivity index (χ0) is 13.9. The lowest BCUT2D eigenvalue weighted by molar-refractivity contribution is 0.0652. The number of H-pyrrole nitrogens is 1. The van der Waals surface area contributed by atoms with Gasteiger partial charge in [-0.25, -0.2) is 4.98 Å². The van der Waals surface area contributed by atoms with Crippen LogP contribution in [0, 0.1) is 0 Å². The van der Waals surface area contributed by atoms with Crippen molar-refractivity contribution in [1.29, 1.82) is 0 Å². The van der Waals surface area contributed by atoms with E-state index in [9.17, 15) is 9.59 Å². The minimum absolute atomic E-state index is 0.177. The molecule has 1 aromatic carbocycles. The molecule has 1 N–H and O–H groups in total. The Balaban J connectivity index is 1.57. The van der Waals surface area contributed by atoms with E-state index in [1.807, 2.05) is 0 Å². The van der Waals surface area contributed by atoms with Crippen LogP contribution in [0.5, 0.6) is 0 Å². The maximum atomic E-state index is 12.1. The molecule has 102 valence electrons. The first-order chi connectivity index (χ1) is 9.77. The number of aromatic amines is 1. The molecule has 0 radical (unpaired) electrons. The number of carbonyl (C=O) groups excluding carboxylic acids is 2. The molecule has 0 fully saturated rings. The van der Waals surface area contributed by atoms with Crippen LogP contribution in [0.2, 0.25) is 0 Å². The Labute approximate surface area is 116 Å². The normalized spacial score (nSPS) is 13.9. The van der Waals surface area contributed by atoms with Crippen molar-refractivity contribution in [1.82, 2.24) is 14.9 Å². The highest BCUT2D eigenvalue weighted by Gasteiger charge is 2.34. The highest BCUT2D eigenvalue weighted by Crippen LogP contribution is 2.22. The Morgan fingerprint density at radius 3 is 2.35 bits per heavy atom. The zero-order valence-corrected chi connectivity index (χ0v) is 11.0. The minimum atomic E-state index is -0.177. The number of imidazole rings is 1. The maximum Gasteiger partial charge on any atom is 0.261 e. The Hall–Kier alpha value is -2.43. The number of hydrogen-bond acceptors (Lipinski definition) is 3. The van der Waals surface area contributed by atoms with Gasteiger partial charge in [-0.3, -0.25) is 14.5 Å². The lowest BCUT2D eigenvalue weighted by Crippen LogP contribution is -2.30. The Bertz CT molecular complexity index is 599. The van der Waals surface area contributed by atoms with E-state index in [4.69, 9.17) is 0 Å². The second-order valence-corrected chi connectivity index (χ2v) is 4.80. The summed E-state index contributed by atoms with van der Waals surface area (Å²) >= 11 is 0. The SMILES string of the molecule is O=C1c2ccccc2C(=O)N1CCCCc1ncc[nH]1. The van der Waals surface area contributed by atoms with Crippen molar-refractivity contribution in [2.45, 2.75) is 19.3 Å². The molecule has 0 bridgehead atoms. The van der Waals surface area contributed by atoms with Gasteiger partial charge < -0.3 is 4.98 Å². The summed E-state index contributed by atoms with van der Waals surface area (Å²) in [6.07, 6.45) is 6.02. The second kappa shape index (κ2) is 5.28. The highest BCUT2D eigenvalue weighted by molar-refractivity contribution is 6.21. The largest absolute Gasteiger partial charge is 0.349 e. The monoisotopic (exact) mass is 269 g/mol. The van der Waals surface area contributed by atoms with Crippen LogP contribution in [-0.4, -0.2) is 33.2 Å². The molecule has 1 aliphatic heterocycles. The summed E-state index contributed by atoms with van der Waals surface area (Å²) < 4.78 is 0. The molecule has 5 heteroatoms. The van der Waals surface area contributed by atoms with Gasteiger partial charge in [0.2, 0.25) is 0 Å². The van der Waals surface area contributed by atoms with Gasteiger partial charge in [-0.1, -0.05) is 12.1 Å². The number of aryl methyl sites for hydroxylation is 1. The van der Waals surface area contributed by atoms with Crippen LogP contribution in [0.25, 0.3) is 0 Å². The van der Waals surface area contributed by atoms with Crippen molar-refractivity contribution < 1.29 is 9.59 Å². The van der Waals surface area contributed by atoms with Crippen LogP contribution in [0.15, 0.2) is 36.7 Å². The Kier molecular flexibility index (Phi) is 3.33.